The number of nitrogens with zero attached hydrogens (tertiary/aromatic N) is 2. The molecular formula is C15H15N3O2. The quantitative estimate of drug-likeness (QED) is 0.635. The lowest BCUT2D eigenvalue weighted by atomic mass is 10.1. The third-order valence-corrected chi connectivity index (χ3v) is 3.24. The molecule has 0 atom stereocenters. The summed E-state index contributed by atoms with van der Waals surface area (Å²) in [7, 11) is 0. The predicted molar refractivity (Wildman–Crippen MR) is 78.3 cm³/mol. The third kappa shape index (κ3) is 1.98. The van der Waals surface area contributed by atoms with Crippen molar-refractivity contribution in [2.45, 2.75) is 6.54 Å². The van der Waals surface area contributed by atoms with E-state index in [2.05, 4.69) is 4.98 Å². The van der Waals surface area contributed by atoms with Crippen LogP contribution in [0.4, 0.5) is 5.69 Å². The average Bonchev–Trinajstić information content (AvgIpc) is 2.78. The van der Waals surface area contributed by atoms with Gasteiger partial charge in [0.05, 0.1) is 23.2 Å². The van der Waals surface area contributed by atoms with Gasteiger partial charge in [-0.25, -0.2) is 4.98 Å². The lowest BCUT2D eigenvalue weighted by Crippen LogP contribution is -2.04. The smallest absolute Gasteiger partial charge is 0.144 e. The van der Waals surface area contributed by atoms with Crippen LogP contribution in [-0.4, -0.2) is 26.4 Å². The van der Waals surface area contributed by atoms with Gasteiger partial charge in [0.2, 0.25) is 0 Å². The van der Waals surface area contributed by atoms with Crippen molar-refractivity contribution < 1.29 is 10.2 Å². The van der Waals surface area contributed by atoms with E-state index >= 15 is 0 Å². The van der Waals surface area contributed by atoms with Gasteiger partial charge < -0.3 is 20.5 Å². The summed E-state index contributed by atoms with van der Waals surface area (Å²) >= 11 is 0. The van der Waals surface area contributed by atoms with Gasteiger partial charge >= 0.3 is 0 Å². The molecule has 102 valence electrons. The summed E-state index contributed by atoms with van der Waals surface area (Å²) in [5, 5.41) is 19.3. The number of aliphatic hydroxyl groups is 1. The van der Waals surface area contributed by atoms with Gasteiger partial charge in [-0.2, -0.15) is 0 Å². The van der Waals surface area contributed by atoms with E-state index in [4.69, 9.17) is 5.73 Å². The van der Waals surface area contributed by atoms with Gasteiger partial charge in [0, 0.05) is 18.3 Å². The van der Waals surface area contributed by atoms with Gasteiger partial charge in [-0.15, -0.1) is 0 Å². The molecular weight excluding hydrogens is 254 g/mol. The Hall–Kier alpha value is -2.53. The molecule has 0 unspecified atom stereocenters. The summed E-state index contributed by atoms with van der Waals surface area (Å²) in [4.78, 5) is 4.54. The molecule has 3 aromatic rings. The van der Waals surface area contributed by atoms with Crippen LogP contribution < -0.4 is 5.73 Å². The number of nitrogens with two attached hydrogens (primary N) is 1. The zero-order valence-corrected chi connectivity index (χ0v) is 10.8. The Bertz CT molecular complexity index is 765. The summed E-state index contributed by atoms with van der Waals surface area (Å²) in [5.41, 5.74) is 8.50. The molecule has 0 aliphatic rings. The third-order valence-electron chi connectivity index (χ3n) is 3.24. The number of hydrogen-bond acceptors (Lipinski definition) is 4. The number of aromatic hydroxyl groups is 1. The van der Waals surface area contributed by atoms with Gasteiger partial charge in [0.1, 0.15) is 11.6 Å². The van der Waals surface area contributed by atoms with Gasteiger partial charge in [0.15, 0.2) is 0 Å². The number of rotatable bonds is 3. The number of hydrogen-bond donors (Lipinski definition) is 3. The maximum Gasteiger partial charge on any atom is 0.144 e. The van der Waals surface area contributed by atoms with Gasteiger partial charge in [0.25, 0.3) is 0 Å². The summed E-state index contributed by atoms with van der Waals surface area (Å²) in [6.45, 7) is 0.419. The van der Waals surface area contributed by atoms with E-state index < -0.39 is 0 Å². The molecule has 0 amide bonds. The number of aliphatic hydroxyl groups excluding tert-OH is 1. The van der Waals surface area contributed by atoms with Gasteiger partial charge in [-0.3, -0.25) is 0 Å². The topological polar surface area (TPSA) is 84.3 Å². The summed E-state index contributed by atoms with van der Waals surface area (Å²) < 4.78 is 1.89. The minimum absolute atomic E-state index is 0.00306. The zero-order chi connectivity index (χ0) is 14.1. The molecule has 0 radical (unpaired) electrons. The van der Waals surface area contributed by atoms with E-state index in [1.807, 2.05) is 28.8 Å². The Labute approximate surface area is 115 Å². The van der Waals surface area contributed by atoms with Crippen LogP contribution in [0.15, 0.2) is 42.5 Å². The van der Waals surface area contributed by atoms with Crippen LogP contribution in [0.1, 0.15) is 0 Å². The fraction of sp³-hybridized carbons (Fsp3) is 0.133. The average molecular weight is 269 g/mol. The van der Waals surface area contributed by atoms with E-state index in [0.717, 1.165) is 11.0 Å². The number of aromatic nitrogens is 2. The lowest BCUT2D eigenvalue weighted by molar-refractivity contribution is 0.278. The standard InChI is InChI=1S/C15H15N3O2/c16-10-5-6-11(14(20)9-10)15-17-12-3-1-2-4-13(12)18(15)7-8-19/h1-6,9,19-20H,7-8,16H2. The van der Waals surface area contributed by atoms with Crippen LogP contribution in [0.2, 0.25) is 0 Å². The number of para-hydroxylation sites is 2. The number of fused-ring (bicyclic) bond motifs is 1. The molecule has 0 bridgehead atoms. The number of anilines is 1. The van der Waals surface area contributed by atoms with Crippen molar-refractivity contribution in [3.63, 3.8) is 0 Å². The minimum atomic E-state index is 0.00306. The van der Waals surface area contributed by atoms with E-state index in [0.29, 0.717) is 23.6 Å². The SMILES string of the molecule is Nc1ccc(-c2nc3ccccc3n2CCO)c(O)c1. The fourth-order valence-corrected chi connectivity index (χ4v) is 2.35. The molecule has 0 saturated heterocycles. The molecule has 5 nitrogen and oxygen atoms in total. The summed E-state index contributed by atoms with van der Waals surface area (Å²) in [5.74, 6) is 0.706. The molecule has 4 N–H and O–H groups in total. The van der Waals surface area contributed by atoms with Crippen molar-refractivity contribution in [1.29, 1.82) is 0 Å². The van der Waals surface area contributed by atoms with Crippen LogP contribution >= 0.6 is 0 Å². The van der Waals surface area contributed by atoms with Crippen LogP contribution in [0.3, 0.4) is 0 Å². The highest BCUT2D eigenvalue weighted by Gasteiger charge is 2.15. The van der Waals surface area contributed by atoms with E-state index in [1.54, 1.807) is 12.1 Å². The van der Waals surface area contributed by atoms with Crippen LogP contribution in [0.5, 0.6) is 5.75 Å². The number of imidazole rings is 1. The minimum Gasteiger partial charge on any atom is -0.507 e. The van der Waals surface area contributed by atoms with Crippen molar-refractivity contribution in [3.05, 3.63) is 42.5 Å². The second-order valence-electron chi connectivity index (χ2n) is 4.58. The highest BCUT2D eigenvalue weighted by atomic mass is 16.3. The lowest BCUT2D eigenvalue weighted by Gasteiger charge is -2.09. The molecule has 0 aliphatic heterocycles. The first kappa shape index (κ1) is 12.5. The Kier molecular flexibility index (Phi) is 3.04. The monoisotopic (exact) mass is 269 g/mol. The summed E-state index contributed by atoms with van der Waals surface area (Å²) in [6, 6.07) is 12.6. The fourth-order valence-electron chi connectivity index (χ4n) is 2.35. The maximum atomic E-state index is 10.1. The number of phenolic OH excluding ortho intramolecular Hbond substituents is 1. The number of nitrogen functional groups attached to an aromatic ring is 1. The van der Waals surface area contributed by atoms with Crippen LogP contribution in [-0.2, 0) is 6.54 Å². The van der Waals surface area contributed by atoms with E-state index in [1.165, 1.54) is 6.07 Å². The molecule has 0 aliphatic carbocycles. The largest absolute Gasteiger partial charge is 0.507 e. The molecule has 1 heterocycles. The van der Waals surface area contributed by atoms with Crippen LogP contribution in [0, 0.1) is 0 Å². The number of phenols is 1. The molecule has 20 heavy (non-hydrogen) atoms. The Morgan fingerprint density at radius 3 is 2.70 bits per heavy atom. The zero-order valence-electron chi connectivity index (χ0n) is 10.8. The van der Waals surface area contributed by atoms with Gasteiger partial charge in [-0.05, 0) is 24.3 Å². The first-order valence-corrected chi connectivity index (χ1v) is 6.35. The van der Waals surface area contributed by atoms with E-state index in [-0.39, 0.29) is 12.4 Å². The summed E-state index contributed by atoms with van der Waals surface area (Å²) in [6.07, 6.45) is 0. The van der Waals surface area contributed by atoms with Gasteiger partial charge in [-0.1, -0.05) is 12.1 Å². The highest BCUT2D eigenvalue weighted by molar-refractivity contribution is 5.82. The van der Waals surface area contributed by atoms with Crippen molar-refractivity contribution >= 4 is 16.7 Å². The molecule has 1 aromatic heterocycles. The van der Waals surface area contributed by atoms with Crippen molar-refractivity contribution in [3.8, 4) is 17.1 Å². The molecule has 3 rings (SSSR count). The second kappa shape index (κ2) is 4.86. The van der Waals surface area contributed by atoms with Crippen LogP contribution in [0.25, 0.3) is 22.4 Å². The van der Waals surface area contributed by atoms with E-state index in [9.17, 15) is 10.2 Å². The van der Waals surface area contributed by atoms with Crippen molar-refractivity contribution in [2.24, 2.45) is 0 Å². The molecule has 0 fully saturated rings. The maximum absolute atomic E-state index is 10.1. The van der Waals surface area contributed by atoms with Crippen molar-refractivity contribution in [2.75, 3.05) is 12.3 Å². The second-order valence-corrected chi connectivity index (χ2v) is 4.58. The predicted octanol–water partition coefficient (Wildman–Crippen LogP) is 1.98. The normalized spacial score (nSPS) is 11.1. The highest BCUT2D eigenvalue weighted by Crippen LogP contribution is 2.32. The molecule has 5 heteroatoms. The first-order valence-electron chi connectivity index (χ1n) is 6.35. The Morgan fingerprint density at radius 2 is 1.95 bits per heavy atom. The molecule has 0 saturated carbocycles. The van der Waals surface area contributed by atoms with Crippen molar-refractivity contribution in [1.82, 2.24) is 9.55 Å². The molecule has 2 aromatic carbocycles. The first-order chi connectivity index (χ1) is 9.70. The Balaban J connectivity index is 2.26. The molecule has 0 spiro atoms. The Morgan fingerprint density at radius 1 is 1.15 bits per heavy atom. The number of benzene rings is 2.